The van der Waals surface area contributed by atoms with E-state index in [1.807, 2.05) is 60.7 Å². The molecular weight excluding hydrogens is 491 g/mol. The second kappa shape index (κ2) is 7.85. The van der Waals surface area contributed by atoms with Crippen LogP contribution >= 0.6 is 0 Å². The molecular formula is C29H24F3N5O. The van der Waals surface area contributed by atoms with Crippen molar-refractivity contribution in [3.05, 3.63) is 84.2 Å². The van der Waals surface area contributed by atoms with Crippen molar-refractivity contribution in [3.63, 3.8) is 0 Å². The topological polar surface area (TPSA) is 89.3 Å². The minimum Gasteiger partial charge on any atom is -0.389 e. The van der Waals surface area contributed by atoms with Crippen LogP contribution in [0.5, 0.6) is 0 Å². The molecule has 192 valence electrons. The summed E-state index contributed by atoms with van der Waals surface area (Å²) in [6.07, 6.45) is 0.136. The summed E-state index contributed by atoms with van der Waals surface area (Å²) in [5.41, 5.74) is 8.87. The fourth-order valence-electron chi connectivity index (χ4n) is 5.85. The molecule has 7 rings (SSSR count). The first-order valence-electron chi connectivity index (χ1n) is 12.6. The van der Waals surface area contributed by atoms with Gasteiger partial charge in [0.1, 0.15) is 0 Å². The van der Waals surface area contributed by atoms with E-state index < -0.39 is 23.0 Å². The Labute approximate surface area is 216 Å². The minimum atomic E-state index is -4.59. The molecule has 5 aromatic rings. The summed E-state index contributed by atoms with van der Waals surface area (Å²) in [5.74, 6) is 0.361. The van der Waals surface area contributed by atoms with E-state index in [0.717, 1.165) is 45.7 Å². The largest absolute Gasteiger partial charge is 0.435 e. The summed E-state index contributed by atoms with van der Waals surface area (Å²) < 4.78 is 41.3. The number of hydrogen-bond donors (Lipinski definition) is 2. The van der Waals surface area contributed by atoms with Gasteiger partial charge in [-0.05, 0) is 48.8 Å². The number of pyridine rings is 1. The number of aliphatic hydroxyl groups is 1. The van der Waals surface area contributed by atoms with Crippen molar-refractivity contribution < 1.29 is 18.3 Å². The first-order valence-corrected chi connectivity index (χ1v) is 12.6. The van der Waals surface area contributed by atoms with Crippen LogP contribution in [0.2, 0.25) is 0 Å². The normalized spacial score (nSPS) is 23.6. The Morgan fingerprint density at radius 2 is 1.66 bits per heavy atom. The molecule has 3 aromatic heterocycles. The zero-order chi connectivity index (χ0) is 26.3. The van der Waals surface area contributed by atoms with Crippen LogP contribution in [0.3, 0.4) is 0 Å². The van der Waals surface area contributed by atoms with Crippen molar-refractivity contribution in [2.24, 2.45) is 11.7 Å². The van der Waals surface area contributed by atoms with E-state index in [1.54, 1.807) is 0 Å². The highest BCUT2D eigenvalue weighted by molar-refractivity contribution is 5.90. The van der Waals surface area contributed by atoms with E-state index in [-0.39, 0.29) is 11.3 Å². The van der Waals surface area contributed by atoms with Gasteiger partial charge in [0.2, 0.25) is 0 Å². The highest BCUT2D eigenvalue weighted by Gasteiger charge is 2.58. The molecule has 0 aliphatic heterocycles. The number of benzene rings is 2. The quantitative estimate of drug-likeness (QED) is 0.320. The molecule has 2 fully saturated rings. The first kappa shape index (κ1) is 23.3. The highest BCUT2D eigenvalue weighted by Crippen LogP contribution is 2.57. The van der Waals surface area contributed by atoms with Crippen molar-refractivity contribution in [1.29, 1.82) is 0 Å². The van der Waals surface area contributed by atoms with Crippen LogP contribution in [0, 0.1) is 5.92 Å². The smallest absolute Gasteiger partial charge is 0.389 e. The highest BCUT2D eigenvalue weighted by atomic mass is 19.4. The fourth-order valence-corrected chi connectivity index (χ4v) is 5.85. The number of rotatable bonds is 4. The maximum atomic E-state index is 13.4. The monoisotopic (exact) mass is 515 g/mol. The molecule has 2 aliphatic rings. The zero-order valence-corrected chi connectivity index (χ0v) is 20.3. The minimum absolute atomic E-state index is 0.0734. The Balaban J connectivity index is 1.35. The van der Waals surface area contributed by atoms with Gasteiger partial charge in [0, 0.05) is 34.3 Å². The van der Waals surface area contributed by atoms with E-state index in [2.05, 4.69) is 10.1 Å². The van der Waals surface area contributed by atoms with Crippen LogP contribution in [-0.2, 0) is 11.7 Å². The summed E-state index contributed by atoms with van der Waals surface area (Å²) in [6.45, 7) is 0. The Morgan fingerprint density at radius 1 is 0.947 bits per heavy atom. The third-order valence-corrected chi connectivity index (χ3v) is 7.95. The van der Waals surface area contributed by atoms with E-state index in [4.69, 9.17) is 10.7 Å². The Kier molecular flexibility index (Phi) is 4.81. The number of alkyl halides is 3. The van der Waals surface area contributed by atoms with E-state index in [0.29, 0.717) is 29.8 Å². The fraction of sp³-hybridized carbons (Fsp3) is 0.276. The Bertz CT molecular complexity index is 1690. The van der Waals surface area contributed by atoms with Crippen LogP contribution in [-0.4, -0.2) is 30.3 Å². The molecule has 0 radical (unpaired) electrons. The van der Waals surface area contributed by atoms with Crippen LogP contribution in [0.15, 0.2) is 72.9 Å². The van der Waals surface area contributed by atoms with Gasteiger partial charge in [-0.2, -0.15) is 22.8 Å². The maximum Gasteiger partial charge on any atom is 0.435 e. The van der Waals surface area contributed by atoms with Crippen molar-refractivity contribution in [2.75, 3.05) is 0 Å². The number of hydrogen-bond acceptors (Lipinski definition) is 5. The number of aromatic nitrogens is 4. The summed E-state index contributed by atoms with van der Waals surface area (Å²) in [6, 6.07) is 20.3. The zero-order valence-electron chi connectivity index (χ0n) is 20.3. The Hall–Kier alpha value is -3.82. The molecule has 2 aliphatic carbocycles. The van der Waals surface area contributed by atoms with Crippen LogP contribution in [0.1, 0.15) is 36.9 Å². The molecule has 6 nitrogen and oxygen atoms in total. The van der Waals surface area contributed by atoms with Gasteiger partial charge in [-0.15, -0.1) is 0 Å². The molecule has 9 heteroatoms. The molecule has 0 bridgehead atoms. The molecule has 2 saturated carbocycles. The van der Waals surface area contributed by atoms with Gasteiger partial charge in [0.25, 0.3) is 0 Å². The SMILES string of the molecule is N[C@]1(c2ccc(-c3nc4c(cnc5cc(C(F)(F)F)nn54)cc3-c3ccccc3)cc2)C[C@](O)(C2CC2)C1. The van der Waals surface area contributed by atoms with Gasteiger partial charge in [-0.3, -0.25) is 0 Å². The molecule has 38 heavy (non-hydrogen) atoms. The van der Waals surface area contributed by atoms with Gasteiger partial charge in [0.15, 0.2) is 17.0 Å². The molecule has 0 spiro atoms. The third-order valence-electron chi connectivity index (χ3n) is 7.95. The first-order chi connectivity index (χ1) is 18.1. The molecule has 3 heterocycles. The van der Waals surface area contributed by atoms with Gasteiger partial charge in [-0.1, -0.05) is 54.6 Å². The Morgan fingerprint density at radius 3 is 2.32 bits per heavy atom. The number of nitrogens with two attached hydrogens (primary N) is 1. The number of fused-ring (bicyclic) bond motifs is 3. The molecule has 2 aromatic carbocycles. The van der Waals surface area contributed by atoms with Crippen molar-refractivity contribution in [1.82, 2.24) is 19.6 Å². The predicted octanol–water partition coefficient (Wildman–Crippen LogP) is 5.72. The maximum absolute atomic E-state index is 13.4. The lowest BCUT2D eigenvalue weighted by Gasteiger charge is -2.52. The predicted molar refractivity (Wildman–Crippen MR) is 137 cm³/mol. The van der Waals surface area contributed by atoms with Crippen molar-refractivity contribution in [3.8, 4) is 22.4 Å². The lowest BCUT2D eigenvalue weighted by molar-refractivity contribution is -0.141. The molecule has 0 amide bonds. The number of halogens is 3. The van der Waals surface area contributed by atoms with Gasteiger partial charge in [-0.25, -0.2) is 9.97 Å². The lowest BCUT2D eigenvalue weighted by atomic mass is 9.60. The summed E-state index contributed by atoms with van der Waals surface area (Å²) in [7, 11) is 0. The van der Waals surface area contributed by atoms with E-state index >= 15 is 0 Å². The van der Waals surface area contributed by atoms with Gasteiger partial charge < -0.3 is 10.8 Å². The summed E-state index contributed by atoms with van der Waals surface area (Å²) in [4.78, 5) is 9.04. The van der Waals surface area contributed by atoms with Gasteiger partial charge >= 0.3 is 6.18 Å². The molecule has 3 N–H and O–H groups in total. The lowest BCUT2D eigenvalue weighted by Crippen LogP contribution is -2.60. The average Bonchev–Trinajstić information content (AvgIpc) is 3.65. The van der Waals surface area contributed by atoms with Crippen LogP contribution in [0.25, 0.3) is 39.1 Å². The van der Waals surface area contributed by atoms with Gasteiger partial charge in [0.05, 0.1) is 11.3 Å². The standard InChI is InChI=1S/C29H24F3N5O/c30-29(31,32)23-13-24-34-14-19-12-22(17-4-2-1-3-5-17)25(35-26(19)37(24)36-23)18-6-8-20(9-7-18)27(33)15-28(38,16-27)21-10-11-21/h1-9,12-14,21,38H,10-11,15-16,33H2/t27-,28-. The second-order valence-electron chi connectivity index (χ2n) is 10.7. The number of nitrogens with zero attached hydrogens (tertiary/aromatic N) is 4. The van der Waals surface area contributed by atoms with E-state index in [9.17, 15) is 18.3 Å². The summed E-state index contributed by atoms with van der Waals surface area (Å²) >= 11 is 0. The second-order valence-corrected chi connectivity index (χ2v) is 10.7. The van der Waals surface area contributed by atoms with Crippen LogP contribution in [0.4, 0.5) is 13.2 Å². The molecule has 0 atom stereocenters. The third kappa shape index (κ3) is 3.68. The summed E-state index contributed by atoms with van der Waals surface area (Å²) in [5, 5.41) is 15.2. The molecule has 0 unspecified atom stereocenters. The molecule has 0 saturated heterocycles. The van der Waals surface area contributed by atoms with E-state index in [1.165, 1.54) is 6.20 Å². The average molecular weight is 516 g/mol. The van der Waals surface area contributed by atoms with Crippen molar-refractivity contribution in [2.45, 2.75) is 43.0 Å². The van der Waals surface area contributed by atoms with Crippen LogP contribution < -0.4 is 5.73 Å². The van der Waals surface area contributed by atoms with Crippen molar-refractivity contribution >= 4 is 16.7 Å².